The Labute approximate surface area is 124 Å². The van der Waals surface area contributed by atoms with Gasteiger partial charge in [0, 0.05) is 18.3 Å². The van der Waals surface area contributed by atoms with Gasteiger partial charge < -0.3 is 14.6 Å². The summed E-state index contributed by atoms with van der Waals surface area (Å²) < 4.78 is 11.4. The highest BCUT2D eigenvalue weighted by atomic mass is 16.5. The van der Waals surface area contributed by atoms with Gasteiger partial charge in [-0.05, 0) is 31.0 Å². The molecule has 0 aliphatic heterocycles. The first-order chi connectivity index (χ1) is 10.2. The number of ether oxygens (including phenoxy) is 2. The minimum absolute atomic E-state index is 0.333. The number of hydrogen-bond donors (Lipinski definition) is 1. The zero-order valence-corrected chi connectivity index (χ0v) is 11.9. The normalized spacial score (nSPS) is 16.6. The molecule has 3 rings (SSSR count). The largest absolute Gasteiger partial charge is 0.490 e. The van der Waals surface area contributed by atoms with Crippen LogP contribution in [-0.2, 0) is 0 Å². The quantitative estimate of drug-likeness (QED) is 0.912. The van der Waals surface area contributed by atoms with Crippen molar-refractivity contribution in [3.8, 4) is 17.4 Å². The van der Waals surface area contributed by atoms with Crippen molar-refractivity contribution >= 4 is 0 Å². The summed E-state index contributed by atoms with van der Waals surface area (Å²) in [7, 11) is 0. The van der Waals surface area contributed by atoms with Crippen molar-refractivity contribution in [1.82, 2.24) is 4.98 Å². The van der Waals surface area contributed by atoms with E-state index in [4.69, 9.17) is 9.47 Å². The van der Waals surface area contributed by atoms with E-state index in [0.717, 1.165) is 25.7 Å². The molecule has 0 amide bonds. The van der Waals surface area contributed by atoms with E-state index in [9.17, 15) is 5.11 Å². The highest BCUT2D eigenvalue weighted by Gasteiger charge is 2.31. The van der Waals surface area contributed by atoms with Crippen LogP contribution in [0.4, 0.5) is 0 Å². The lowest BCUT2D eigenvalue weighted by Gasteiger charge is -2.22. The molecule has 0 bridgehead atoms. The molecule has 1 aliphatic carbocycles. The van der Waals surface area contributed by atoms with E-state index in [1.165, 1.54) is 0 Å². The number of benzene rings is 1. The van der Waals surface area contributed by atoms with Crippen LogP contribution in [0.2, 0.25) is 0 Å². The van der Waals surface area contributed by atoms with E-state index in [1.807, 2.05) is 36.4 Å². The van der Waals surface area contributed by atoms with Gasteiger partial charge in [0.15, 0.2) is 0 Å². The number of aromatic nitrogens is 1. The van der Waals surface area contributed by atoms with Gasteiger partial charge in [-0.2, -0.15) is 0 Å². The van der Waals surface area contributed by atoms with Crippen LogP contribution in [0.15, 0.2) is 48.7 Å². The molecule has 0 atom stereocenters. The number of nitrogens with zero attached hydrogens (tertiary/aromatic N) is 1. The lowest BCUT2D eigenvalue weighted by molar-refractivity contribution is 0.00136. The summed E-state index contributed by atoms with van der Waals surface area (Å²) in [6.07, 6.45) is 5.46. The Morgan fingerprint density at radius 3 is 2.62 bits per heavy atom. The molecule has 110 valence electrons. The number of aliphatic hydroxyl groups is 1. The molecular formula is C17H19NO3. The Balaban J connectivity index is 1.63. The molecule has 21 heavy (non-hydrogen) atoms. The number of hydrogen-bond acceptors (Lipinski definition) is 4. The maximum Gasteiger partial charge on any atom is 0.219 e. The fourth-order valence-corrected chi connectivity index (χ4v) is 2.55. The summed E-state index contributed by atoms with van der Waals surface area (Å²) >= 11 is 0. The van der Waals surface area contributed by atoms with Crippen molar-refractivity contribution in [1.29, 1.82) is 0 Å². The molecule has 1 heterocycles. The molecule has 0 spiro atoms. The minimum atomic E-state index is -0.669. The summed E-state index contributed by atoms with van der Waals surface area (Å²) in [5.74, 6) is 1.91. The second-order valence-electron chi connectivity index (χ2n) is 5.47. The fraction of sp³-hybridized carbons (Fsp3) is 0.353. The van der Waals surface area contributed by atoms with Crippen molar-refractivity contribution in [3.63, 3.8) is 0 Å². The van der Waals surface area contributed by atoms with Gasteiger partial charge in [-0.25, -0.2) is 4.98 Å². The van der Waals surface area contributed by atoms with Crippen LogP contribution in [0.3, 0.4) is 0 Å². The zero-order chi connectivity index (χ0) is 14.5. The molecule has 1 N–H and O–H groups in total. The average Bonchev–Trinajstić information content (AvgIpc) is 2.94. The average molecular weight is 285 g/mol. The smallest absolute Gasteiger partial charge is 0.219 e. The molecular weight excluding hydrogens is 266 g/mol. The van der Waals surface area contributed by atoms with Crippen LogP contribution in [0, 0.1) is 0 Å². The van der Waals surface area contributed by atoms with Crippen LogP contribution < -0.4 is 9.47 Å². The molecule has 1 saturated carbocycles. The molecule has 1 fully saturated rings. The standard InChI is InChI=1S/C17H19NO3/c19-17(9-2-3-10-17)13-20-14-6-5-7-15(12-14)21-16-8-1-4-11-18-16/h1,4-8,11-12,19H,2-3,9-10,13H2. The van der Waals surface area contributed by atoms with Crippen molar-refractivity contribution < 1.29 is 14.6 Å². The van der Waals surface area contributed by atoms with Crippen molar-refractivity contribution in [2.24, 2.45) is 0 Å². The summed E-state index contributed by atoms with van der Waals surface area (Å²) in [4.78, 5) is 4.12. The minimum Gasteiger partial charge on any atom is -0.490 e. The fourth-order valence-electron chi connectivity index (χ4n) is 2.55. The molecule has 1 aromatic carbocycles. The van der Waals surface area contributed by atoms with Gasteiger partial charge in [0.1, 0.15) is 18.1 Å². The van der Waals surface area contributed by atoms with Crippen LogP contribution in [0.5, 0.6) is 17.4 Å². The summed E-state index contributed by atoms with van der Waals surface area (Å²) in [5.41, 5.74) is -0.669. The number of pyridine rings is 1. The first kappa shape index (κ1) is 13.9. The van der Waals surface area contributed by atoms with Crippen LogP contribution >= 0.6 is 0 Å². The van der Waals surface area contributed by atoms with Crippen molar-refractivity contribution in [3.05, 3.63) is 48.7 Å². The molecule has 0 saturated heterocycles. The summed E-state index contributed by atoms with van der Waals surface area (Å²) in [5, 5.41) is 10.3. The second kappa shape index (κ2) is 6.14. The lowest BCUT2D eigenvalue weighted by atomic mass is 10.0. The SMILES string of the molecule is OC1(COc2cccc(Oc3ccccn3)c2)CCCC1. The van der Waals surface area contributed by atoms with E-state index < -0.39 is 5.60 Å². The maximum atomic E-state index is 10.3. The predicted molar refractivity (Wildman–Crippen MR) is 79.7 cm³/mol. The Hall–Kier alpha value is -2.07. The summed E-state index contributed by atoms with van der Waals surface area (Å²) in [6, 6.07) is 12.9. The van der Waals surface area contributed by atoms with E-state index in [-0.39, 0.29) is 0 Å². The molecule has 2 aromatic rings. The van der Waals surface area contributed by atoms with Crippen LogP contribution in [-0.4, -0.2) is 22.3 Å². The molecule has 1 aromatic heterocycles. The van der Waals surface area contributed by atoms with Gasteiger partial charge in [-0.15, -0.1) is 0 Å². The first-order valence-corrected chi connectivity index (χ1v) is 7.28. The zero-order valence-electron chi connectivity index (χ0n) is 11.9. The van der Waals surface area contributed by atoms with Gasteiger partial charge in [-0.1, -0.05) is 25.0 Å². The third kappa shape index (κ3) is 3.73. The maximum absolute atomic E-state index is 10.3. The van der Waals surface area contributed by atoms with E-state index in [2.05, 4.69) is 4.98 Å². The van der Waals surface area contributed by atoms with Gasteiger partial charge in [0.05, 0.1) is 5.60 Å². The Bertz CT molecular complexity index is 580. The molecule has 0 radical (unpaired) electrons. The summed E-state index contributed by atoms with van der Waals surface area (Å²) in [6.45, 7) is 0.333. The molecule has 0 unspecified atom stereocenters. The Morgan fingerprint density at radius 1 is 1.05 bits per heavy atom. The monoisotopic (exact) mass is 285 g/mol. The Morgan fingerprint density at radius 2 is 1.86 bits per heavy atom. The highest BCUT2D eigenvalue weighted by Crippen LogP contribution is 2.31. The van der Waals surface area contributed by atoms with Gasteiger partial charge >= 0.3 is 0 Å². The predicted octanol–water partition coefficient (Wildman–Crippen LogP) is 3.56. The van der Waals surface area contributed by atoms with E-state index in [0.29, 0.717) is 24.0 Å². The molecule has 4 heteroatoms. The second-order valence-corrected chi connectivity index (χ2v) is 5.47. The molecule has 1 aliphatic rings. The van der Waals surface area contributed by atoms with Gasteiger partial charge in [0.2, 0.25) is 5.88 Å². The van der Waals surface area contributed by atoms with Crippen molar-refractivity contribution in [2.75, 3.05) is 6.61 Å². The van der Waals surface area contributed by atoms with Crippen molar-refractivity contribution in [2.45, 2.75) is 31.3 Å². The number of rotatable bonds is 5. The van der Waals surface area contributed by atoms with Gasteiger partial charge in [-0.3, -0.25) is 0 Å². The van der Waals surface area contributed by atoms with Crippen LogP contribution in [0.25, 0.3) is 0 Å². The third-order valence-electron chi connectivity index (χ3n) is 3.71. The lowest BCUT2D eigenvalue weighted by Crippen LogP contribution is -2.32. The Kier molecular flexibility index (Phi) is 4.06. The molecule has 4 nitrogen and oxygen atoms in total. The topological polar surface area (TPSA) is 51.6 Å². The third-order valence-corrected chi connectivity index (χ3v) is 3.71. The first-order valence-electron chi connectivity index (χ1n) is 7.28. The van der Waals surface area contributed by atoms with E-state index in [1.54, 1.807) is 12.3 Å². The highest BCUT2D eigenvalue weighted by molar-refractivity contribution is 5.35. The van der Waals surface area contributed by atoms with Gasteiger partial charge in [0.25, 0.3) is 0 Å². The van der Waals surface area contributed by atoms with E-state index >= 15 is 0 Å². The van der Waals surface area contributed by atoms with Crippen LogP contribution in [0.1, 0.15) is 25.7 Å².